The van der Waals surface area contributed by atoms with Crippen LogP contribution >= 0.6 is 11.3 Å². The molecular weight excluding hydrogens is 282 g/mol. The number of aryl methyl sites for hydroxylation is 2. The molecule has 0 unspecified atom stereocenters. The minimum atomic E-state index is 0.207. The van der Waals surface area contributed by atoms with Crippen LogP contribution in [0.15, 0.2) is 40.8 Å². The molecule has 0 bridgehead atoms. The lowest BCUT2D eigenvalue weighted by atomic mass is 10.1. The number of aromatic hydroxyl groups is 1. The zero-order valence-electron chi connectivity index (χ0n) is 11.7. The average Bonchev–Trinajstić information content (AvgIpc) is 3.02. The molecule has 2 aromatic carbocycles. The van der Waals surface area contributed by atoms with Gasteiger partial charge in [-0.1, -0.05) is 12.1 Å². The first-order chi connectivity index (χ1) is 10.1. The van der Waals surface area contributed by atoms with E-state index in [1.165, 1.54) is 22.5 Å². The first-order valence-electron chi connectivity index (χ1n) is 6.71. The smallest absolute Gasteiger partial charge is 0.164 e. The predicted octanol–water partition coefficient (Wildman–Crippen LogP) is 5.03. The highest BCUT2D eigenvalue weighted by molar-refractivity contribution is 7.21. The highest BCUT2D eigenvalue weighted by Crippen LogP contribution is 2.37. The van der Waals surface area contributed by atoms with Gasteiger partial charge in [0.25, 0.3) is 0 Å². The van der Waals surface area contributed by atoms with Gasteiger partial charge in [-0.2, -0.15) is 0 Å². The van der Waals surface area contributed by atoms with Crippen LogP contribution in [0.4, 0.5) is 0 Å². The quantitative estimate of drug-likeness (QED) is 0.535. The number of hydrogen-bond acceptors (Lipinski definition) is 4. The second-order valence-corrected chi connectivity index (χ2v) is 6.28. The van der Waals surface area contributed by atoms with Crippen molar-refractivity contribution in [3.63, 3.8) is 0 Å². The van der Waals surface area contributed by atoms with Crippen molar-refractivity contribution in [3.8, 4) is 16.5 Å². The Hall–Kier alpha value is -2.33. The van der Waals surface area contributed by atoms with Crippen LogP contribution in [0, 0.1) is 13.8 Å². The zero-order valence-corrected chi connectivity index (χ0v) is 12.5. The van der Waals surface area contributed by atoms with Gasteiger partial charge in [0.15, 0.2) is 10.8 Å². The van der Waals surface area contributed by atoms with E-state index in [1.54, 1.807) is 6.07 Å². The molecule has 2 aromatic heterocycles. The van der Waals surface area contributed by atoms with Gasteiger partial charge in [-0.05, 0) is 49.2 Å². The van der Waals surface area contributed by atoms with Crippen LogP contribution in [0.1, 0.15) is 11.1 Å². The second kappa shape index (κ2) is 4.33. The Bertz CT molecular complexity index is 981. The number of fused-ring (bicyclic) bond motifs is 2. The molecule has 0 radical (unpaired) electrons. The number of furan rings is 1. The molecule has 4 aromatic rings. The number of rotatable bonds is 1. The Balaban J connectivity index is 1.96. The lowest BCUT2D eigenvalue weighted by molar-refractivity contribution is 0.480. The fourth-order valence-electron chi connectivity index (χ4n) is 2.63. The largest absolute Gasteiger partial charge is 0.506 e. The summed E-state index contributed by atoms with van der Waals surface area (Å²) in [4.78, 5) is 4.50. The third-order valence-electron chi connectivity index (χ3n) is 3.60. The van der Waals surface area contributed by atoms with Gasteiger partial charge in [0.05, 0.1) is 4.70 Å². The van der Waals surface area contributed by atoms with Gasteiger partial charge in [-0.25, -0.2) is 4.98 Å². The Morgan fingerprint density at radius 1 is 1.14 bits per heavy atom. The Kier molecular flexibility index (Phi) is 2.56. The maximum Gasteiger partial charge on any atom is 0.164 e. The zero-order chi connectivity index (χ0) is 14.6. The van der Waals surface area contributed by atoms with E-state index in [4.69, 9.17) is 4.42 Å². The van der Waals surface area contributed by atoms with Crippen molar-refractivity contribution >= 4 is 32.5 Å². The van der Waals surface area contributed by atoms with E-state index in [-0.39, 0.29) is 5.75 Å². The number of phenolic OH excluding ortho intramolecular Hbond substituents is 1. The third-order valence-corrected chi connectivity index (χ3v) is 4.63. The third kappa shape index (κ3) is 1.91. The SMILES string of the molecule is Cc1cc(C)c2cc(-c3nc4c(O)cccc4s3)oc2c1. The first kappa shape index (κ1) is 12.4. The molecule has 0 aliphatic rings. The molecule has 0 saturated carbocycles. The monoisotopic (exact) mass is 295 g/mol. The van der Waals surface area contributed by atoms with E-state index in [1.807, 2.05) is 24.3 Å². The van der Waals surface area contributed by atoms with Crippen molar-refractivity contribution in [1.82, 2.24) is 4.98 Å². The van der Waals surface area contributed by atoms with Gasteiger partial charge in [0, 0.05) is 5.39 Å². The number of nitrogens with zero attached hydrogens (tertiary/aromatic N) is 1. The molecule has 1 N–H and O–H groups in total. The van der Waals surface area contributed by atoms with Crippen molar-refractivity contribution in [2.45, 2.75) is 13.8 Å². The summed E-state index contributed by atoms with van der Waals surface area (Å²) < 4.78 is 6.91. The molecule has 4 heteroatoms. The molecule has 0 fully saturated rings. The van der Waals surface area contributed by atoms with Crippen molar-refractivity contribution in [2.75, 3.05) is 0 Å². The van der Waals surface area contributed by atoms with Crippen molar-refractivity contribution in [3.05, 3.63) is 47.5 Å². The summed E-state index contributed by atoms with van der Waals surface area (Å²) in [6.07, 6.45) is 0. The molecule has 0 aliphatic heterocycles. The molecule has 3 nitrogen and oxygen atoms in total. The molecular formula is C17H13NO2S. The summed E-state index contributed by atoms with van der Waals surface area (Å²) in [7, 11) is 0. The second-order valence-electron chi connectivity index (χ2n) is 5.25. The fraction of sp³-hybridized carbons (Fsp3) is 0.118. The molecule has 0 spiro atoms. The predicted molar refractivity (Wildman–Crippen MR) is 86.0 cm³/mol. The van der Waals surface area contributed by atoms with Gasteiger partial charge in [-0.15, -0.1) is 11.3 Å². The highest BCUT2D eigenvalue weighted by Gasteiger charge is 2.14. The minimum absolute atomic E-state index is 0.207. The summed E-state index contributed by atoms with van der Waals surface area (Å²) in [5, 5.41) is 11.8. The van der Waals surface area contributed by atoms with Gasteiger partial charge in [-0.3, -0.25) is 0 Å². The van der Waals surface area contributed by atoms with E-state index < -0.39 is 0 Å². The maximum atomic E-state index is 9.87. The molecule has 21 heavy (non-hydrogen) atoms. The fourth-order valence-corrected chi connectivity index (χ4v) is 3.57. The highest BCUT2D eigenvalue weighted by atomic mass is 32.1. The molecule has 2 heterocycles. The van der Waals surface area contributed by atoms with Gasteiger partial charge < -0.3 is 9.52 Å². The van der Waals surface area contributed by atoms with E-state index in [2.05, 4.69) is 24.9 Å². The van der Waals surface area contributed by atoms with Crippen LogP contribution in [-0.4, -0.2) is 10.1 Å². The summed E-state index contributed by atoms with van der Waals surface area (Å²) >= 11 is 1.52. The van der Waals surface area contributed by atoms with E-state index in [0.29, 0.717) is 5.52 Å². The van der Waals surface area contributed by atoms with E-state index in [0.717, 1.165) is 26.4 Å². The van der Waals surface area contributed by atoms with Crippen molar-refractivity contribution in [2.24, 2.45) is 0 Å². The number of benzene rings is 2. The number of thiazole rings is 1. The average molecular weight is 295 g/mol. The molecule has 0 atom stereocenters. The van der Waals surface area contributed by atoms with Crippen LogP contribution in [0.5, 0.6) is 5.75 Å². The Morgan fingerprint density at radius 2 is 2.00 bits per heavy atom. The first-order valence-corrected chi connectivity index (χ1v) is 7.53. The summed E-state index contributed by atoms with van der Waals surface area (Å²) in [5.74, 6) is 0.956. The normalized spacial score (nSPS) is 11.5. The van der Waals surface area contributed by atoms with E-state index in [9.17, 15) is 5.11 Å². The molecule has 0 saturated heterocycles. The van der Waals surface area contributed by atoms with E-state index >= 15 is 0 Å². The summed E-state index contributed by atoms with van der Waals surface area (Å²) in [6, 6.07) is 11.6. The summed E-state index contributed by atoms with van der Waals surface area (Å²) in [5.41, 5.74) is 3.89. The topological polar surface area (TPSA) is 46.3 Å². The minimum Gasteiger partial charge on any atom is -0.506 e. The van der Waals surface area contributed by atoms with Crippen molar-refractivity contribution < 1.29 is 9.52 Å². The lowest BCUT2D eigenvalue weighted by Crippen LogP contribution is -1.76. The number of aromatic nitrogens is 1. The van der Waals surface area contributed by atoms with Gasteiger partial charge in [0.2, 0.25) is 0 Å². The van der Waals surface area contributed by atoms with Gasteiger partial charge in [0.1, 0.15) is 16.8 Å². The van der Waals surface area contributed by atoms with Crippen LogP contribution in [0.3, 0.4) is 0 Å². The van der Waals surface area contributed by atoms with Crippen LogP contribution in [-0.2, 0) is 0 Å². The maximum absolute atomic E-state index is 9.87. The lowest BCUT2D eigenvalue weighted by Gasteiger charge is -1.96. The standard InChI is InChI=1S/C17H13NO2S/c1-9-6-10(2)11-8-14(20-13(11)7-9)17-18-16-12(19)4-3-5-15(16)21-17/h3-8,19H,1-2H3. The Labute approximate surface area is 125 Å². The number of phenols is 1. The number of hydrogen-bond donors (Lipinski definition) is 1. The van der Waals surface area contributed by atoms with Gasteiger partial charge >= 0.3 is 0 Å². The molecule has 4 rings (SSSR count). The molecule has 0 amide bonds. The summed E-state index contributed by atoms with van der Waals surface area (Å²) in [6.45, 7) is 4.14. The van der Waals surface area contributed by atoms with Crippen LogP contribution < -0.4 is 0 Å². The molecule has 0 aliphatic carbocycles. The van der Waals surface area contributed by atoms with Crippen LogP contribution in [0.25, 0.3) is 32.0 Å². The molecule has 104 valence electrons. The van der Waals surface area contributed by atoms with Crippen molar-refractivity contribution in [1.29, 1.82) is 0 Å². The Morgan fingerprint density at radius 3 is 2.81 bits per heavy atom. The number of para-hydroxylation sites is 1. The van der Waals surface area contributed by atoms with Crippen LogP contribution in [0.2, 0.25) is 0 Å².